The van der Waals surface area contributed by atoms with Crippen molar-refractivity contribution in [3.8, 4) is 0 Å². The number of nitrogens with two attached hydrogens (primary N) is 1. The van der Waals surface area contributed by atoms with Gasteiger partial charge in [0.25, 0.3) is 0 Å². The van der Waals surface area contributed by atoms with Gasteiger partial charge in [0.05, 0.1) is 10.7 Å². The molecule has 2 rings (SSSR count). The molecular formula is C13H15BrN2S. The minimum Gasteiger partial charge on any atom is -0.326 e. The van der Waals surface area contributed by atoms with E-state index in [1.54, 1.807) is 11.3 Å². The lowest BCUT2D eigenvalue weighted by atomic mass is 10.2. The van der Waals surface area contributed by atoms with Crippen LogP contribution in [0.2, 0.25) is 0 Å². The van der Waals surface area contributed by atoms with Crippen LogP contribution in [0.15, 0.2) is 28.7 Å². The smallest absolute Gasteiger partial charge is 0.0975 e. The lowest BCUT2D eigenvalue weighted by Crippen LogP contribution is -1.97. The van der Waals surface area contributed by atoms with Crippen LogP contribution in [0.5, 0.6) is 0 Å². The highest BCUT2D eigenvalue weighted by atomic mass is 79.9. The Morgan fingerprint density at radius 2 is 2.24 bits per heavy atom. The fourth-order valence-corrected chi connectivity index (χ4v) is 3.29. The highest BCUT2D eigenvalue weighted by Gasteiger charge is 2.08. The summed E-state index contributed by atoms with van der Waals surface area (Å²) in [6.07, 6.45) is 1.85. The van der Waals surface area contributed by atoms with Crippen LogP contribution < -0.4 is 5.73 Å². The van der Waals surface area contributed by atoms with Gasteiger partial charge in [0.1, 0.15) is 0 Å². The Hall–Kier alpha value is -0.710. The van der Waals surface area contributed by atoms with E-state index in [1.807, 2.05) is 6.07 Å². The molecular weight excluding hydrogens is 296 g/mol. The molecule has 0 radical (unpaired) electrons. The average molecular weight is 311 g/mol. The van der Waals surface area contributed by atoms with E-state index in [0.29, 0.717) is 6.54 Å². The van der Waals surface area contributed by atoms with Crippen LogP contribution in [-0.2, 0) is 19.4 Å². The molecule has 0 aliphatic rings. The summed E-state index contributed by atoms with van der Waals surface area (Å²) in [6.45, 7) is 2.72. The second kappa shape index (κ2) is 5.76. The van der Waals surface area contributed by atoms with E-state index in [-0.39, 0.29) is 0 Å². The minimum absolute atomic E-state index is 0.597. The van der Waals surface area contributed by atoms with Crippen molar-refractivity contribution in [3.63, 3.8) is 0 Å². The summed E-state index contributed by atoms with van der Waals surface area (Å²) in [5.74, 6) is 0. The van der Waals surface area contributed by atoms with Crippen molar-refractivity contribution in [1.29, 1.82) is 0 Å². The predicted octanol–water partition coefficient (Wildman–Crippen LogP) is 3.52. The molecule has 0 aliphatic heterocycles. The second-order valence-electron chi connectivity index (χ2n) is 3.84. The molecule has 0 fully saturated rings. The summed E-state index contributed by atoms with van der Waals surface area (Å²) in [4.78, 5) is 5.87. The Labute approximate surface area is 114 Å². The summed E-state index contributed by atoms with van der Waals surface area (Å²) < 4.78 is 1.11. The third-order valence-corrected chi connectivity index (χ3v) is 4.20. The lowest BCUT2D eigenvalue weighted by Gasteiger charge is -1.98. The Balaban J connectivity index is 2.21. The van der Waals surface area contributed by atoms with Gasteiger partial charge in [0.15, 0.2) is 0 Å². The maximum absolute atomic E-state index is 5.72. The first-order valence-electron chi connectivity index (χ1n) is 5.65. The molecule has 0 saturated heterocycles. The zero-order valence-corrected chi connectivity index (χ0v) is 12.1. The molecule has 1 aromatic carbocycles. The molecule has 1 aromatic heterocycles. The normalized spacial score (nSPS) is 10.8. The molecule has 17 heavy (non-hydrogen) atoms. The van der Waals surface area contributed by atoms with Gasteiger partial charge in [-0.05, 0) is 24.1 Å². The molecule has 1 heterocycles. The minimum atomic E-state index is 0.597. The van der Waals surface area contributed by atoms with Crippen molar-refractivity contribution < 1.29 is 0 Å². The molecule has 0 amide bonds. The molecule has 0 aliphatic carbocycles. The summed E-state index contributed by atoms with van der Waals surface area (Å²) in [5, 5.41) is 1.15. The van der Waals surface area contributed by atoms with Crippen molar-refractivity contribution in [3.05, 3.63) is 49.9 Å². The number of hydrogen-bond donors (Lipinski definition) is 1. The molecule has 2 aromatic rings. The number of rotatable bonds is 4. The Morgan fingerprint density at radius 1 is 1.41 bits per heavy atom. The largest absolute Gasteiger partial charge is 0.326 e. The first-order chi connectivity index (χ1) is 8.22. The van der Waals surface area contributed by atoms with E-state index in [1.165, 1.54) is 10.4 Å². The van der Waals surface area contributed by atoms with Crippen LogP contribution in [0.1, 0.15) is 28.1 Å². The summed E-state index contributed by atoms with van der Waals surface area (Å²) in [5.41, 5.74) is 8.15. The van der Waals surface area contributed by atoms with Crippen LogP contribution in [0.25, 0.3) is 0 Å². The van der Waals surface area contributed by atoms with E-state index < -0.39 is 0 Å². The van der Waals surface area contributed by atoms with Crippen LogP contribution in [0.3, 0.4) is 0 Å². The van der Waals surface area contributed by atoms with E-state index in [2.05, 4.69) is 46.0 Å². The van der Waals surface area contributed by atoms with E-state index in [9.17, 15) is 0 Å². The van der Waals surface area contributed by atoms with Crippen LogP contribution in [0, 0.1) is 0 Å². The number of aryl methyl sites for hydroxylation is 1. The zero-order chi connectivity index (χ0) is 12.3. The Bertz CT molecular complexity index is 486. The molecule has 0 bridgehead atoms. The maximum atomic E-state index is 5.72. The van der Waals surface area contributed by atoms with Crippen LogP contribution in [0.4, 0.5) is 0 Å². The first-order valence-corrected chi connectivity index (χ1v) is 7.25. The van der Waals surface area contributed by atoms with Gasteiger partial charge in [-0.15, -0.1) is 11.3 Å². The molecule has 2 nitrogen and oxygen atoms in total. The van der Waals surface area contributed by atoms with Crippen LogP contribution >= 0.6 is 27.3 Å². The topological polar surface area (TPSA) is 38.9 Å². The van der Waals surface area contributed by atoms with Crippen molar-refractivity contribution in [2.24, 2.45) is 5.73 Å². The number of aromatic nitrogens is 1. The SMILES string of the molecule is CCc1nc(Cc2cccc(Br)c2)sc1CN. The van der Waals surface area contributed by atoms with Crippen molar-refractivity contribution in [1.82, 2.24) is 4.98 Å². The van der Waals surface area contributed by atoms with E-state index in [4.69, 9.17) is 5.73 Å². The van der Waals surface area contributed by atoms with Gasteiger partial charge in [0, 0.05) is 22.3 Å². The predicted molar refractivity (Wildman–Crippen MR) is 76.3 cm³/mol. The van der Waals surface area contributed by atoms with Crippen LogP contribution in [-0.4, -0.2) is 4.98 Å². The van der Waals surface area contributed by atoms with Gasteiger partial charge in [-0.2, -0.15) is 0 Å². The Kier molecular flexibility index (Phi) is 4.31. The molecule has 0 spiro atoms. The number of hydrogen-bond acceptors (Lipinski definition) is 3. The first kappa shape index (κ1) is 12.7. The highest BCUT2D eigenvalue weighted by Crippen LogP contribution is 2.22. The number of benzene rings is 1. The number of halogens is 1. The monoisotopic (exact) mass is 310 g/mol. The molecule has 90 valence electrons. The Morgan fingerprint density at radius 3 is 2.82 bits per heavy atom. The van der Waals surface area contributed by atoms with Gasteiger partial charge in [-0.25, -0.2) is 4.98 Å². The summed E-state index contributed by atoms with van der Waals surface area (Å²) >= 11 is 5.22. The quantitative estimate of drug-likeness (QED) is 0.938. The molecule has 4 heteroatoms. The fraction of sp³-hybridized carbons (Fsp3) is 0.308. The number of thiazole rings is 1. The molecule has 0 atom stereocenters. The van der Waals surface area contributed by atoms with Gasteiger partial charge in [-0.1, -0.05) is 35.0 Å². The van der Waals surface area contributed by atoms with Crippen molar-refractivity contribution in [2.45, 2.75) is 26.3 Å². The molecule has 0 saturated carbocycles. The summed E-state index contributed by atoms with van der Waals surface area (Å²) in [6, 6.07) is 8.35. The van der Waals surface area contributed by atoms with Crippen molar-refractivity contribution >= 4 is 27.3 Å². The van der Waals surface area contributed by atoms with Gasteiger partial charge in [-0.3, -0.25) is 0 Å². The van der Waals surface area contributed by atoms with Crippen molar-refractivity contribution in [2.75, 3.05) is 0 Å². The van der Waals surface area contributed by atoms with E-state index >= 15 is 0 Å². The summed E-state index contributed by atoms with van der Waals surface area (Å²) in [7, 11) is 0. The van der Waals surface area contributed by atoms with Gasteiger partial charge < -0.3 is 5.73 Å². The standard InChI is InChI=1S/C13H15BrN2S/c1-2-11-12(8-15)17-13(16-11)7-9-4-3-5-10(14)6-9/h3-6H,2,7-8,15H2,1H3. The highest BCUT2D eigenvalue weighted by molar-refractivity contribution is 9.10. The second-order valence-corrected chi connectivity index (χ2v) is 5.93. The lowest BCUT2D eigenvalue weighted by molar-refractivity contribution is 0.968. The van der Waals surface area contributed by atoms with Gasteiger partial charge in [0.2, 0.25) is 0 Å². The molecule has 2 N–H and O–H groups in total. The third kappa shape index (κ3) is 3.15. The zero-order valence-electron chi connectivity index (χ0n) is 9.74. The number of nitrogens with zero attached hydrogens (tertiary/aromatic N) is 1. The molecule has 0 unspecified atom stereocenters. The van der Waals surface area contributed by atoms with E-state index in [0.717, 1.165) is 28.0 Å². The third-order valence-electron chi connectivity index (χ3n) is 2.59. The fourth-order valence-electron chi connectivity index (χ4n) is 1.77. The van der Waals surface area contributed by atoms with Gasteiger partial charge >= 0.3 is 0 Å². The maximum Gasteiger partial charge on any atom is 0.0975 e. The average Bonchev–Trinajstić information content (AvgIpc) is 2.71.